The summed E-state index contributed by atoms with van der Waals surface area (Å²) in [6.45, 7) is 8.87. The van der Waals surface area contributed by atoms with Crippen molar-refractivity contribution in [3.63, 3.8) is 0 Å². The molecule has 2 aromatic carbocycles. The highest BCUT2D eigenvalue weighted by Gasteiger charge is 2.21. The van der Waals surface area contributed by atoms with Gasteiger partial charge >= 0.3 is 11.9 Å². The first-order chi connectivity index (χ1) is 14.1. The average Bonchev–Trinajstić information content (AvgIpc) is 2.67. The summed E-state index contributed by atoms with van der Waals surface area (Å²) in [5.74, 6) is -1.65. The number of ether oxygens (including phenoxy) is 2. The van der Waals surface area contributed by atoms with Crippen LogP contribution in [0.1, 0.15) is 49.2 Å². The van der Waals surface area contributed by atoms with E-state index in [1.807, 2.05) is 26.8 Å². The summed E-state index contributed by atoms with van der Waals surface area (Å²) >= 11 is 6.20. The first-order valence-electron chi connectivity index (χ1n) is 9.63. The molecule has 0 saturated heterocycles. The van der Waals surface area contributed by atoms with Crippen molar-refractivity contribution in [2.24, 2.45) is 16.8 Å². The quantitative estimate of drug-likeness (QED) is 0.386. The van der Waals surface area contributed by atoms with Crippen LogP contribution in [-0.4, -0.2) is 29.5 Å². The number of nitrogens with zero attached hydrogens (tertiary/aromatic N) is 1. The minimum Gasteiger partial charge on any atom is -0.422 e. The molecule has 160 valence electrons. The van der Waals surface area contributed by atoms with Crippen LogP contribution in [0.15, 0.2) is 41.4 Å². The lowest BCUT2D eigenvalue weighted by Crippen LogP contribution is -2.18. The Bertz CT molecular complexity index is 953. The molecule has 0 fully saturated rings. The number of benzene rings is 2. The highest BCUT2D eigenvalue weighted by atomic mass is 35.5. The van der Waals surface area contributed by atoms with Crippen LogP contribution in [-0.2, 0) is 4.79 Å². The maximum Gasteiger partial charge on any atom is 0.343 e. The minimum atomic E-state index is -0.948. The number of hydrogen-bond acceptors (Lipinski definition) is 6. The highest BCUT2D eigenvalue weighted by Crippen LogP contribution is 2.35. The van der Waals surface area contributed by atoms with Crippen molar-refractivity contribution in [2.45, 2.75) is 40.8 Å². The Balaban J connectivity index is 2.48. The van der Waals surface area contributed by atoms with Crippen LogP contribution < -0.4 is 9.47 Å². The van der Waals surface area contributed by atoms with Crippen LogP contribution in [0.5, 0.6) is 11.5 Å². The van der Waals surface area contributed by atoms with E-state index in [9.17, 15) is 14.7 Å². The molecule has 1 atom stereocenters. The number of rotatable bonds is 7. The molecule has 0 aromatic heterocycles. The molecule has 6 nitrogen and oxygen atoms in total. The van der Waals surface area contributed by atoms with E-state index in [4.69, 9.17) is 21.1 Å². The number of carbonyl (C=O) groups is 2. The molecule has 0 spiro atoms. The molecule has 0 amide bonds. The van der Waals surface area contributed by atoms with Gasteiger partial charge in [-0.05, 0) is 31.0 Å². The molecule has 1 N–H and O–H groups in total. The van der Waals surface area contributed by atoms with Gasteiger partial charge in [-0.3, -0.25) is 9.79 Å². The summed E-state index contributed by atoms with van der Waals surface area (Å²) in [5.41, 5.74) is 1.56. The Morgan fingerprint density at radius 2 is 1.80 bits per heavy atom. The Kier molecular flexibility index (Phi) is 8.15. The number of halogens is 1. The van der Waals surface area contributed by atoms with Crippen LogP contribution >= 0.6 is 11.6 Å². The van der Waals surface area contributed by atoms with Gasteiger partial charge in [0.1, 0.15) is 6.23 Å². The third-order valence-corrected chi connectivity index (χ3v) is 4.36. The molecule has 2 rings (SSSR count). The summed E-state index contributed by atoms with van der Waals surface area (Å²) in [4.78, 5) is 29.0. The Morgan fingerprint density at radius 1 is 1.10 bits per heavy atom. The Hall–Kier alpha value is -2.70. The number of esters is 2. The zero-order valence-electron chi connectivity index (χ0n) is 17.7. The Labute approximate surface area is 181 Å². The highest BCUT2D eigenvalue weighted by molar-refractivity contribution is 6.31. The van der Waals surface area contributed by atoms with Crippen LogP contribution in [0, 0.1) is 18.8 Å². The van der Waals surface area contributed by atoms with Gasteiger partial charge in [-0.1, -0.05) is 57.0 Å². The monoisotopic (exact) mass is 431 g/mol. The van der Waals surface area contributed by atoms with Crippen molar-refractivity contribution in [3.8, 4) is 11.5 Å². The molecule has 0 radical (unpaired) electrons. The van der Waals surface area contributed by atoms with Gasteiger partial charge in [0, 0.05) is 22.9 Å². The number of aryl methyl sites for hydroxylation is 1. The van der Waals surface area contributed by atoms with Crippen molar-refractivity contribution in [2.75, 3.05) is 0 Å². The zero-order valence-corrected chi connectivity index (χ0v) is 18.4. The van der Waals surface area contributed by atoms with Crippen LogP contribution in [0.25, 0.3) is 0 Å². The molecule has 0 bridgehead atoms. The summed E-state index contributed by atoms with van der Waals surface area (Å²) in [6, 6.07) is 9.84. The van der Waals surface area contributed by atoms with Gasteiger partial charge in [0.2, 0.25) is 0 Å². The number of hydrogen-bond donors (Lipinski definition) is 1. The van der Waals surface area contributed by atoms with Gasteiger partial charge in [-0.25, -0.2) is 4.79 Å². The van der Waals surface area contributed by atoms with Gasteiger partial charge in [0.15, 0.2) is 11.5 Å². The smallest absolute Gasteiger partial charge is 0.343 e. The van der Waals surface area contributed by atoms with Crippen molar-refractivity contribution in [3.05, 3.63) is 58.1 Å². The van der Waals surface area contributed by atoms with E-state index in [1.165, 1.54) is 18.3 Å². The van der Waals surface area contributed by atoms with Gasteiger partial charge in [-0.2, -0.15) is 0 Å². The summed E-state index contributed by atoms with van der Waals surface area (Å²) < 4.78 is 11.0. The largest absolute Gasteiger partial charge is 0.422 e. The van der Waals surface area contributed by atoms with Crippen molar-refractivity contribution in [1.82, 2.24) is 0 Å². The van der Waals surface area contributed by atoms with Gasteiger partial charge in [0.05, 0.1) is 11.5 Å². The fourth-order valence-corrected chi connectivity index (χ4v) is 2.56. The average molecular weight is 432 g/mol. The first kappa shape index (κ1) is 23.6. The maximum absolute atomic E-state index is 12.6. The summed E-state index contributed by atoms with van der Waals surface area (Å²) in [5, 5.41) is 10.2. The molecule has 30 heavy (non-hydrogen) atoms. The van der Waals surface area contributed by atoms with Crippen LogP contribution in [0.2, 0.25) is 5.02 Å². The maximum atomic E-state index is 12.6. The van der Waals surface area contributed by atoms with Gasteiger partial charge in [0.25, 0.3) is 0 Å². The van der Waals surface area contributed by atoms with E-state index in [0.29, 0.717) is 11.1 Å². The van der Waals surface area contributed by atoms with Crippen LogP contribution in [0.3, 0.4) is 0 Å². The topological polar surface area (TPSA) is 85.2 Å². The molecule has 0 aliphatic heterocycles. The minimum absolute atomic E-state index is 0.0107. The van der Waals surface area contributed by atoms with Crippen molar-refractivity contribution < 1.29 is 24.2 Å². The summed E-state index contributed by atoms with van der Waals surface area (Å²) in [6.07, 6.45) is 0.402. The molecule has 0 aliphatic rings. The zero-order chi connectivity index (χ0) is 22.4. The predicted octanol–water partition coefficient (Wildman–Crippen LogP) is 4.82. The molecule has 2 aromatic rings. The fourth-order valence-electron chi connectivity index (χ4n) is 2.35. The lowest BCUT2D eigenvalue weighted by molar-refractivity contribution is -0.137. The van der Waals surface area contributed by atoms with Crippen LogP contribution in [0.4, 0.5) is 0 Å². The van der Waals surface area contributed by atoms with E-state index >= 15 is 0 Å². The summed E-state index contributed by atoms with van der Waals surface area (Å²) in [7, 11) is 0. The second-order valence-corrected chi connectivity index (χ2v) is 8.03. The number of aliphatic hydroxyl groups is 1. The van der Waals surface area contributed by atoms with E-state index < -0.39 is 24.1 Å². The SMILES string of the molecule is Cc1cccc(C(=O)Oc2cc(Cl)cc(/C=N/C(O)C(C)C)c2OC(=O)C(C)C)c1. The molecule has 1 unspecified atom stereocenters. The molecular formula is C23H26ClNO5. The second-order valence-electron chi connectivity index (χ2n) is 7.59. The molecule has 0 saturated carbocycles. The fraction of sp³-hybridized carbons (Fsp3) is 0.348. The first-order valence-corrected chi connectivity index (χ1v) is 10.0. The molecule has 0 aliphatic carbocycles. The van der Waals surface area contributed by atoms with Gasteiger partial charge in [-0.15, -0.1) is 0 Å². The molecule has 0 heterocycles. The standard InChI is InChI=1S/C23H26ClNO5/c1-13(2)21(26)25-12-17-10-18(24)11-19(20(17)30-22(27)14(3)4)29-23(28)16-8-6-7-15(5)9-16/h6-14,21,26H,1-5H3/b25-12+. The van der Waals surface area contributed by atoms with Crippen molar-refractivity contribution in [1.29, 1.82) is 0 Å². The van der Waals surface area contributed by atoms with Gasteiger partial charge < -0.3 is 14.6 Å². The number of carbonyl (C=O) groups excluding carboxylic acids is 2. The van der Waals surface area contributed by atoms with Crippen molar-refractivity contribution >= 4 is 29.8 Å². The van der Waals surface area contributed by atoms with E-state index in [2.05, 4.69) is 4.99 Å². The molecular weight excluding hydrogens is 406 g/mol. The Morgan fingerprint density at radius 3 is 2.40 bits per heavy atom. The number of aliphatic hydroxyl groups excluding tert-OH is 1. The second kappa shape index (κ2) is 10.4. The van der Waals surface area contributed by atoms with E-state index in [0.717, 1.165) is 5.56 Å². The normalized spacial score (nSPS) is 12.4. The van der Waals surface area contributed by atoms with E-state index in [-0.39, 0.29) is 22.4 Å². The number of aliphatic imine (C=N–C) groups is 1. The predicted molar refractivity (Wildman–Crippen MR) is 117 cm³/mol. The van der Waals surface area contributed by atoms with E-state index in [1.54, 1.807) is 32.0 Å². The lowest BCUT2D eigenvalue weighted by atomic mass is 10.1. The third kappa shape index (κ3) is 6.40. The molecule has 7 heteroatoms. The third-order valence-electron chi connectivity index (χ3n) is 4.14. The lowest BCUT2D eigenvalue weighted by Gasteiger charge is -2.15.